The quantitative estimate of drug-likeness (QED) is 0.807. The van der Waals surface area contributed by atoms with E-state index in [1.165, 1.54) is 0 Å². The summed E-state index contributed by atoms with van der Waals surface area (Å²) in [5, 5.41) is 2.77. The van der Waals surface area contributed by atoms with Crippen molar-refractivity contribution < 1.29 is 4.79 Å². The third kappa shape index (κ3) is 2.75. The molecule has 3 N–H and O–H groups in total. The second-order valence-corrected chi connectivity index (χ2v) is 4.12. The number of anilines is 2. The topological polar surface area (TPSA) is 88.5 Å². The van der Waals surface area contributed by atoms with Crippen LogP contribution in [-0.2, 0) is 4.79 Å². The maximum Gasteiger partial charge on any atom is 0.239 e. The van der Waals surface area contributed by atoms with E-state index in [0.717, 1.165) is 0 Å². The van der Waals surface area contributed by atoms with Gasteiger partial charge in [0.05, 0.1) is 12.7 Å². The first-order valence-corrected chi connectivity index (χ1v) is 6.26. The Labute approximate surface area is 111 Å². The third-order valence-corrected chi connectivity index (χ3v) is 2.76. The summed E-state index contributed by atoms with van der Waals surface area (Å²) < 4.78 is 1.80. The normalized spacial score (nSPS) is 10.6. The minimum atomic E-state index is -0.0433. The average Bonchev–Trinajstić information content (AvgIpc) is 2.83. The standard InChI is InChI=1S/C12H18N6O/c1-3-14-10(19)8-17(4-2)12-11-15-5-6-18(11)7-9(13)16-12/h5-7H,3-4,8,13H2,1-2H3,(H,14,19). The number of nitrogen functional groups attached to an aromatic ring is 1. The van der Waals surface area contributed by atoms with E-state index in [2.05, 4.69) is 15.3 Å². The Morgan fingerprint density at radius 1 is 1.53 bits per heavy atom. The lowest BCUT2D eigenvalue weighted by atomic mass is 10.4. The van der Waals surface area contributed by atoms with E-state index in [-0.39, 0.29) is 12.5 Å². The molecule has 7 nitrogen and oxygen atoms in total. The number of carbonyl (C=O) groups excluding carboxylic acids is 1. The molecule has 0 aliphatic heterocycles. The van der Waals surface area contributed by atoms with Crippen molar-refractivity contribution in [2.24, 2.45) is 0 Å². The van der Waals surface area contributed by atoms with E-state index < -0.39 is 0 Å². The first-order chi connectivity index (χ1) is 9.15. The number of amides is 1. The first kappa shape index (κ1) is 13.1. The minimum Gasteiger partial charge on any atom is -0.382 e. The summed E-state index contributed by atoms with van der Waals surface area (Å²) in [6.07, 6.45) is 5.18. The molecular formula is C12H18N6O. The molecule has 0 radical (unpaired) electrons. The number of imidazole rings is 1. The van der Waals surface area contributed by atoms with Crippen molar-refractivity contribution in [2.45, 2.75) is 13.8 Å². The molecule has 0 saturated carbocycles. The van der Waals surface area contributed by atoms with Crippen molar-refractivity contribution in [1.29, 1.82) is 0 Å². The van der Waals surface area contributed by atoms with Crippen molar-refractivity contribution >= 4 is 23.2 Å². The van der Waals surface area contributed by atoms with Gasteiger partial charge in [-0.25, -0.2) is 9.97 Å². The largest absolute Gasteiger partial charge is 0.382 e. The molecule has 1 amide bonds. The number of nitrogens with one attached hydrogen (secondary N) is 1. The van der Waals surface area contributed by atoms with Crippen LogP contribution in [0.1, 0.15) is 13.8 Å². The summed E-state index contributed by atoms with van der Waals surface area (Å²) in [5.74, 6) is 0.979. The zero-order valence-electron chi connectivity index (χ0n) is 11.1. The van der Waals surface area contributed by atoms with Crippen LogP contribution in [0.3, 0.4) is 0 Å². The van der Waals surface area contributed by atoms with Crippen molar-refractivity contribution in [3.05, 3.63) is 18.6 Å². The molecular weight excluding hydrogens is 244 g/mol. The van der Waals surface area contributed by atoms with Crippen LogP contribution in [0.15, 0.2) is 18.6 Å². The molecule has 0 aromatic carbocycles. The number of nitrogens with two attached hydrogens (primary N) is 1. The Morgan fingerprint density at radius 2 is 2.32 bits per heavy atom. The third-order valence-electron chi connectivity index (χ3n) is 2.76. The van der Waals surface area contributed by atoms with Gasteiger partial charge in [-0.2, -0.15) is 0 Å². The van der Waals surface area contributed by atoms with Crippen molar-refractivity contribution in [3.63, 3.8) is 0 Å². The van der Waals surface area contributed by atoms with E-state index in [4.69, 9.17) is 5.73 Å². The van der Waals surface area contributed by atoms with Crippen LogP contribution in [0.5, 0.6) is 0 Å². The highest BCUT2D eigenvalue weighted by atomic mass is 16.2. The van der Waals surface area contributed by atoms with E-state index >= 15 is 0 Å². The molecule has 2 aromatic heterocycles. The number of nitrogens with zero attached hydrogens (tertiary/aromatic N) is 4. The summed E-state index contributed by atoms with van der Waals surface area (Å²) >= 11 is 0. The summed E-state index contributed by atoms with van der Waals surface area (Å²) in [4.78, 5) is 22.1. The van der Waals surface area contributed by atoms with Crippen LogP contribution in [0.4, 0.5) is 11.6 Å². The summed E-state index contributed by atoms with van der Waals surface area (Å²) in [6, 6.07) is 0. The molecule has 2 rings (SSSR count). The molecule has 19 heavy (non-hydrogen) atoms. The number of aromatic nitrogens is 3. The zero-order chi connectivity index (χ0) is 13.8. The lowest BCUT2D eigenvalue weighted by Gasteiger charge is -2.21. The van der Waals surface area contributed by atoms with E-state index in [1.807, 2.05) is 18.7 Å². The van der Waals surface area contributed by atoms with Gasteiger partial charge in [-0.1, -0.05) is 0 Å². The maximum atomic E-state index is 11.7. The molecule has 7 heteroatoms. The zero-order valence-corrected chi connectivity index (χ0v) is 11.1. The fourth-order valence-corrected chi connectivity index (χ4v) is 1.91. The highest BCUT2D eigenvalue weighted by Gasteiger charge is 2.15. The van der Waals surface area contributed by atoms with Gasteiger partial charge in [0, 0.05) is 25.5 Å². The van der Waals surface area contributed by atoms with Gasteiger partial charge in [-0.15, -0.1) is 0 Å². The molecule has 0 bridgehead atoms. The number of hydrogen-bond acceptors (Lipinski definition) is 5. The second kappa shape index (κ2) is 5.55. The summed E-state index contributed by atoms with van der Waals surface area (Å²) in [6.45, 7) is 5.35. The van der Waals surface area contributed by atoms with Crippen molar-refractivity contribution in [3.8, 4) is 0 Å². The number of likely N-dealkylation sites (N-methyl/N-ethyl adjacent to an activating group) is 2. The van der Waals surface area contributed by atoms with Crippen molar-refractivity contribution in [1.82, 2.24) is 19.7 Å². The molecule has 0 aliphatic carbocycles. The van der Waals surface area contributed by atoms with Crippen molar-refractivity contribution in [2.75, 3.05) is 30.3 Å². The maximum absolute atomic E-state index is 11.7. The molecule has 0 spiro atoms. The van der Waals surface area contributed by atoms with Gasteiger partial charge in [0.25, 0.3) is 0 Å². The Morgan fingerprint density at radius 3 is 3.00 bits per heavy atom. The van der Waals surface area contributed by atoms with Gasteiger partial charge in [-0.05, 0) is 13.8 Å². The van der Waals surface area contributed by atoms with E-state index in [0.29, 0.717) is 30.4 Å². The van der Waals surface area contributed by atoms with Gasteiger partial charge in [0.2, 0.25) is 5.91 Å². The van der Waals surface area contributed by atoms with Gasteiger partial charge in [0.1, 0.15) is 5.82 Å². The van der Waals surface area contributed by atoms with Gasteiger partial charge in [-0.3, -0.25) is 4.79 Å². The van der Waals surface area contributed by atoms with Gasteiger partial charge >= 0.3 is 0 Å². The highest BCUT2D eigenvalue weighted by molar-refractivity contribution is 5.82. The van der Waals surface area contributed by atoms with E-state index in [1.54, 1.807) is 23.0 Å². The lowest BCUT2D eigenvalue weighted by Crippen LogP contribution is -2.37. The van der Waals surface area contributed by atoms with Crippen LogP contribution < -0.4 is 16.0 Å². The molecule has 0 saturated heterocycles. The van der Waals surface area contributed by atoms with Crippen LogP contribution in [0.25, 0.3) is 5.65 Å². The molecule has 0 fully saturated rings. The Hall–Kier alpha value is -2.31. The van der Waals surface area contributed by atoms with Crippen LogP contribution in [0, 0.1) is 0 Å². The summed E-state index contributed by atoms with van der Waals surface area (Å²) in [7, 11) is 0. The minimum absolute atomic E-state index is 0.0433. The molecule has 2 aromatic rings. The summed E-state index contributed by atoms with van der Waals surface area (Å²) in [5.41, 5.74) is 6.47. The van der Waals surface area contributed by atoms with Gasteiger partial charge < -0.3 is 20.4 Å². The van der Waals surface area contributed by atoms with Crippen LogP contribution in [-0.4, -0.2) is 39.9 Å². The Kier molecular flexibility index (Phi) is 3.84. The van der Waals surface area contributed by atoms with E-state index in [9.17, 15) is 4.79 Å². The highest BCUT2D eigenvalue weighted by Crippen LogP contribution is 2.19. The predicted molar refractivity (Wildman–Crippen MR) is 74.0 cm³/mol. The average molecular weight is 262 g/mol. The fourth-order valence-electron chi connectivity index (χ4n) is 1.91. The molecule has 0 unspecified atom stereocenters. The second-order valence-electron chi connectivity index (χ2n) is 4.12. The SMILES string of the molecule is CCNC(=O)CN(CC)c1nc(N)cn2ccnc12. The predicted octanol–water partition coefficient (Wildman–Crippen LogP) is 0.274. The Bertz CT molecular complexity index is 579. The molecule has 0 aliphatic rings. The fraction of sp³-hybridized carbons (Fsp3) is 0.417. The number of fused-ring (bicyclic) bond motifs is 1. The monoisotopic (exact) mass is 262 g/mol. The smallest absolute Gasteiger partial charge is 0.239 e. The lowest BCUT2D eigenvalue weighted by molar-refractivity contribution is -0.119. The van der Waals surface area contributed by atoms with Crippen LogP contribution in [0.2, 0.25) is 0 Å². The molecule has 102 valence electrons. The number of hydrogen-bond donors (Lipinski definition) is 2. The number of rotatable bonds is 5. The van der Waals surface area contributed by atoms with Crippen LogP contribution >= 0.6 is 0 Å². The first-order valence-electron chi connectivity index (χ1n) is 6.26. The Balaban J connectivity index is 2.34. The molecule has 2 heterocycles. The van der Waals surface area contributed by atoms with Gasteiger partial charge in [0.15, 0.2) is 11.5 Å². The molecule has 0 atom stereocenters. The number of carbonyl (C=O) groups is 1.